The number of halogens is 1. The summed E-state index contributed by atoms with van der Waals surface area (Å²) in [6.07, 6.45) is 0.676. The molecule has 5 heteroatoms. The van der Waals surface area contributed by atoms with E-state index in [1.165, 1.54) is 0 Å². The van der Waals surface area contributed by atoms with Gasteiger partial charge in [0, 0.05) is 0 Å². The first-order valence-electron chi connectivity index (χ1n) is 2.84. The van der Waals surface area contributed by atoms with Crippen molar-refractivity contribution in [3.8, 4) is 0 Å². The van der Waals surface area contributed by atoms with Gasteiger partial charge in [0.05, 0.1) is 19.1 Å². The summed E-state index contributed by atoms with van der Waals surface area (Å²) < 4.78 is 0. The molecule has 0 aliphatic carbocycles. The zero-order chi connectivity index (χ0) is 6.69. The standard InChI is InChI=1S/C5H9NO3.ClH/c6-5(7)4-1-2-8-9-3-4;/h4H,1-3H2,(H2,6,7);1H. The average Bonchev–Trinajstić information content (AvgIpc) is 1.90. The average molecular weight is 168 g/mol. The normalized spacial score (nSPS) is 25.0. The van der Waals surface area contributed by atoms with E-state index < -0.39 is 0 Å². The molecule has 4 nitrogen and oxygen atoms in total. The molecule has 1 amide bonds. The molecule has 1 rings (SSSR count). The van der Waals surface area contributed by atoms with Gasteiger partial charge < -0.3 is 5.73 Å². The van der Waals surface area contributed by atoms with Crippen LogP contribution in [0.15, 0.2) is 0 Å². The van der Waals surface area contributed by atoms with Gasteiger partial charge in [-0.15, -0.1) is 12.4 Å². The summed E-state index contributed by atoms with van der Waals surface area (Å²) in [4.78, 5) is 19.5. The Morgan fingerprint density at radius 3 is 2.50 bits per heavy atom. The molecule has 0 bridgehead atoms. The molecule has 1 aliphatic rings. The lowest BCUT2D eigenvalue weighted by molar-refractivity contribution is -0.321. The Bertz CT molecular complexity index is 113. The van der Waals surface area contributed by atoms with E-state index >= 15 is 0 Å². The fraction of sp³-hybridized carbons (Fsp3) is 0.800. The predicted molar refractivity (Wildman–Crippen MR) is 36.5 cm³/mol. The maximum Gasteiger partial charge on any atom is 0.223 e. The summed E-state index contributed by atoms with van der Waals surface area (Å²) in [7, 11) is 0. The van der Waals surface area contributed by atoms with Gasteiger partial charge in [0.2, 0.25) is 5.91 Å². The zero-order valence-corrected chi connectivity index (χ0v) is 6.23. The van der Waals surface area contributed by atoms with E-state index in [4.69, 9.17) is 5.73 Å². The van der Waals surface area contributed by atoms with Crippen molar-refractivity contribution in [1.29, 1.82) is 0 Å². The van der Waals surface area contributed by atoms with E-state index in [2.05, 4.69) is 9.78 Å². The topological polar surface area (TPSA) is 61.6 Å². The van der Waals surface area contributed by atoms with Gasteiger partial charge in [0.15, 0.2) is 0 Å². The number of carbonyl (C=O) groups is 1. The first-order valence-corrected chi connectivity index (χ1v) is 2.84. The lowest BCUT2D eigenvalue weighted by Crippen LogP contribution is -2.31. The SMILES string of the molecule is Cl.NC(=O)C1CCOOC1. The Hall–Kier alpha value is -0.320. The molecule has 1 atom stereocenters. The number of amides is 1. The molecular weight excluding hydrogens is 158 g/mol. The van der Waals surface area contributed by atoms with Gasteiger partial charge in [-0.1, -0.05) is 0 Å². The summed E-state index contributed by atoms with van der Waals surface area (Å²) in [5, 5.41) is 0. The second-order valence-corrected chi connectivity index (χ2v) is 1.99. The molecule has 1 unspecified atom stereocenters. The smallest absolute Gasteiger partial charge is 0.223 e. The Morgan fingerprint density at radius 2 is 2.20 bits per heavy atom. The molecule has 0 spiro atoms. The van der Waals surface area contributed by atoms with Gasteiger partial charge in [-0.2, -0.15) is 0 Å². The lowest BCUT2D eigenvalue weighted by Gasteiger charge is -2.17. The third kappa shape index (κ3) is 2.51. The second-order valence-electron chi connectivity index (χ2n) is 1.99. The third-order valence-corrected chi connectivity index (χ3v) is 1.30. The van der Waals surface area contributed by atoms with Crippen LogP contribution in [0.1, 0.15) is 6.42 Å². The summed E-state index contributed by atoms with van der Waals surface area (Å²) in [6.45, 7) is 0.767. The Balaban J connectivity index is 0.000000810. The van der Waals surface area contributed by atoms with Crippen LogP contribution in [0.5, 0.6) is 0 Å². The van der Waals surface area contributed by atoms with E-state index in [0.717, 1.165) is 0 Å². The number of hydrogen-bond acceptors (Lipinski definition) is 3. The van der Waals surface area contributed by atoms with Gasteiger partial charge in [-0.05, 0) is 6.42 Å². The number of rotatable bonds is 1. The molecule has 0 aromatic rings. The van der Waals surface area contributed by atoms with Gasteiger partial charge in [-0.3, -0.25) is 4.79 Å². The molecular formula is C5H10ClNO3. The molecule has 0 aromatic carbocycles. The first-order chi connectivity index (χ1) is 4.30. The third-order valence-electron chi connectivity index (χ3n) is 1.30. The highest BCUT2D eigenvalue weighted by atomic mass is 35.5. The summed E-state index contributed by atoms with van der Waals surface area (Å²) in [6, 6.07) is 0. The number of hydrogen-bond donors (Lipinski definition) is 1. The molecule has 0 aromatic heterocycles. The molecule has 1 fully saturated rings. The fourth-order valence-corrected chi connectivity index (χ4v) is 0.687. The minimum atomic E-state index is -0.307. The molecule has 10 heavy (non-hydrogen) atoms. The van der Waals surface area contributed by atoms with Crippen molar-refractivity contribution in [2.24, 2.45) is 11.7 Å². The highest BCUT2D eigenvalue weighted by Crippen LogP contribution is 2.08. The molecule has 0 saturated carbocycles. The monoisotopic (exact) mass is 167 g/mol. The highest BCUT2D eigenvalue weighted by Gasteiger charge is 2.19. The van der Waals surface area contributed by atoms with Crippen LogP contribution in [0.3, 0.4) is 0 Å². The lowest BCUT2D eigenvalue weighted by atomic mass is 10.1. The minimum absolute atomic E-state index is 0. The van der Waals surface area contributed by atoms with E-state index in [1.54, 1.807) is 0 Å². The van der Waals surface area contributed by atoms with Crippen molar-refractivity contribution in [1.82, 2.24) is 0 Å². The highest BCUT2D eigenvalue weighted by molar-refractivity contribution is 5.85. The second kappa shape index (κ2) is 4.49. The predicted octanol–water partition coefficient (Wildman–Crippen LogP) is -0.138. The van der Waals surface area contributed by atoms with Crippen molar-refractivity contribution < 1.29 is 14.6 Å². The Labute approximate surface area is 65.0 Å². The molecule has 1 saturated heterocycles. The van der Waals surface area contributed by atoms with Crippen LogP contribution in [0.2, 0.25) is 0 Å². The van der Waals surface area contributed by atoms with Gasteiger partial charge in [0.1, 0.15) is 0 Å². The van der Waals surface area contributed by atoms with Crippen molar-refractivity contribution in [2.45, 2.75) is 6.42 Å². The maximum atomic E-state index is 10.4. The summed E-state index contributed by atoms with van der Waals surface area (Å²) >= 11 is 0. The van der Waals surface area contributed by atoms with E-state index in [1.807, 2.05) is 0 Å². The largest absolute Gasteiger partial charge is 0.369 e. The molecule has 0 radical (unpaired) electrons. The van der Waals surface area contributed by atoms with Crippen LogP contribution >= 0.6 is 12.4 Å². The summed E-state index contributed by atoms with van der Waals surface area (Å²) in [5.41, 5.74) is 4.99. The van der Waals surface area contributed by atoms with Crippen LogP contribution in [-0.2, 0) is 14.6 Å². The van der Waals surface area contributed by atoms with Gasteiger partial charge in [-0.25, -0.2) is 9.78 Å². The Kier molecular flexibility index (Phi) is 4.34. The van der Waals surface area contributed by atoms with Crippen molar-refractivity contribution in [3.63, 3.8) is 0 Å². The van der Waals surface area contributed by atoms with Crippen molar-refractivity contribution in [3.05, 3.63) is 0 Å². The summed E-state index contributed by atoms with van der Waals surface area (Å²) in [5.74, 6) is -0.461. The number of primary amides is 1. The van der Waals surface area contributed by atoms with Crippen LogP contribution in [-0.4, -0.2) is 19.1 Å². The van der Waals surface area contributed by atoms with Gasteiger partial charge >= 0.3 is 0 Å². The van der Waals surface area contributed by atoms with Crippen LogP contribution < -0.4 is 5.73 Å². The minimum Gasteiger partial charge on any atom is -0.369 e. The van der Waals surface area contributed by atoms with Crippen LogP contribution in [0.4, 0.5) is 0 Å². The quantitative estimate of drug-likeness (QED) is 0.553. The molecule has 2 N–H and O–H groups in total. The molecule has 1 aliphatic heterocycles. The molecule has 1 heterocycles. The number of nitrogens with two attached hydrogens (primary N) is 1. The van der Waals surface area contributed by atoms with Crippen LogP contribution in [0, 0.1) is 5.92 Å². The zero-order valence-electron chi connectivity index (χ0n) is 5.41. The number of carbonyl (C=O) groups excluding carboxylic acids is 1. The van der Waals surface area contributed by atoms with Crippen LogP contribution in [0.25, 0.3) is 0 Å². The maximum absolute atomic E-state index is 10.4. The van der Waals surface area contributed by atoms with E-state index in [9.17, 15) is 4.79 Å². The molecule has 60 valence electrons. The Morgan fingerprint density at radius 1 is 1.50 bits per heavy atom. The first kappa shape index (κ1) is 9.68. The fourth-order valence-electron chi connectivity index (χ4n) is 0.687. The van der Waals surface area contributed by atoms with E-state index in [0.29, 0.717) is 19.6 Å². The van der Waals surface area contributed by atoms with Crippen molar-refractivity contribution >= 4 is 18.3 Å². The van der Waals surface area contributed by atoms with Gasteiger partial charge in [0.25, 0.3) is 0 Å². The van der Waals surface area contributed by atoms with Crippen molar-refractivity contribution in [2.75, 3.05) is 13.2 Å². The van der Waals surface area contributed by atoms with E-state index in [-0.39, 0.29) is 24.2 Å².